The first-order valence-electron chi connectivity index (χ1n) is 7.89. The van der Waals surface area contributed by atoms with Gasteiger partial charge >= 0.3 is 0 Å². The molecule has 0 radical (unpaired) electrons. The van der Waals surface area contributed by atoms with Crippen LogP contribution in [0, 0.1) is 6.92 Å². The molecule has 7 heteroatoms. The molecule has 1 aromatic carbocycles. The highest BCUT2D eigenvalue weighted by atomic mass is 32.2. The Labute approximate surface area is 154 Å². The van der Waals surface area contributed by atoms with Gasteiger partial charge in [-0.2, -0.15) is 0 Å². The molecular weight excluding hydrogens is 354 g/mol. The first kappa shape index (κ1) is 17.7. The van der Waals surface area contributed by atoms with Crippen molar-refractivity contribution in [1.82, 2.24) is 14.9 Å². The Morgan fingerprint density at radius 1 is 1.36 bits per heavy atom. The van der Waals surface area contributed by atoms with Gasteiger partial charge in [-0.3, -0.25) is 14.2 Å². The Kier molecular flexibility index (Phi) is 5.24. The van der Waals surface area contributed by atoms with Crippen LogP contribution in [0.2, 0.25) is 0 Å². The fourth-order valence-electron chi connectivity index (χ4n) is 2.66. The van der Waals surface area contributed by atoms with Crippen molar-refractivity contribution in [3.05, 3.63) is 57.2 Å². The van der Waals surface area contributed by atoms with E-state index >= 15 is 0 Å². The Balaban J connectivity index is 1.68. The van der Waals surface area contributed by atoms with Gasteiger partial charge in [0.25, 0.3) is 5.56 Å². The largest absolute Gasteiger partial charge is 0.349 e. The SMILES string of the molecule is Cc1ccccc1C(C)NC(=O)CSc1nc2ccsc2c(=O)n1C. The van der Waals surface area contributed by atoms with E-state index in [4.69, 9.17) is 0 Å². The molecule has 0 spiro atoms. The van der Waals surface area contributed by atoms with Crippen LogP contribution in [0.1, 0.15) is 24.1 Å². The van der Waals surface area contributed by atoms with Crippen LogP contribution in [-0.4, -0.2) is 21.2 Å². The summed E-state index contributed by atoms with van der Waals surface area (Å²) >= 11 is 2.66. The van der Waals surface area contributed by atoms with Crippen molar-refractivity contribution in [2.75, 3.05) is 5.75 Å². The number of carbonyl (C=O) groups excluding carboxylic acids is 1. The number of thiophene rings is 1. The van der Waals surface area contributed by atoms with E-state index < -0.39 is 0 Å². The summed E-state index contributed by atoms with van der Waals surface area (Å²) in [6, 6.07) is 9.76. The Morgan fingerprint density at radius 3 is 2.88 bits per heavy atom. The van der Waals surface area contributed by atoms with E-state index in [0.717, 1.165) is 11.1 Å². The third-order valence-electron chi connectivity index (χ3n) is 4.01. The lowest BCUT2D eigenvalue weighted by atomic mass is 10.0. The van der Waals surface area contributed by atoms with E-state index in [1.807, 2.05) is 49.6 Å². The van der Waals surface area contributed by atoms with E-state index in [9.17, 15) is 9.59 Å². The van der Waals surface area contributed by atoms with Crippen LogP contribution < -0.4 is 10.9 Å². The molecule has 0 bridgehead atoms. The number of nitrogens with one attached hydrogen (secondary N) is 1. The van der Waals surface area contributed by atoms with Crippen LogP contribution in [0.15, 0.2) is 45.7 Å². The second-order valence-corrected chi connectivity index (χ2v) is 7.69. The van der Waals surface area contributed by atoms with Gasteiger partial charge < -0.3 is 5.32 Å². The van der Waals surface area contributed by atoms with Crippen molar-refractivity contribution in [1.29, 1.82) is 0 Å². The number of amides is 1. The van der Waals surface area contributed by atoms with E-state index in [-0.39, 0.29) is 23.3 Å². The molecule has 1 N–H and O–H groups in total. The predicted molar refractivity (Wildman–Crippen MR) is 103 cm³/mol. The zero-order valence-electron chi connectivity index (χ0n) is 14.3. The first-order chi connectivity index (χ1) is 12.0. The quantitative estimate of drug-likeness (QED) is 0.551. The molecule has 0 fully saturated rings. The van der Waals surface area contributed by atoms with Gasteiger partial charge in [-0.15, -0.1) is 11.3 Å². The number of hydrogen-bond acceptors (Lipinski definition) is 5. The summed E-state index contributed by atoms with van der Waals surface area (Å²) in [5, 5.41) is 5.40. The van der Waals surface area contributed by atoms with Crippen molar-refractivity contribution in [2.45, 2.75) is 25.0 Å². The molecule has 5 nitrogen and oxygen atoms in total. The van der Waals surface area contributed by atoms with Crippen LogP contribution in [0.4, 0.5) is 0 Å². The van der Waals surface area contributed by atoms with Gasteiger partial charge in [0, 0.05) is 7.05 Å². The molecule has 2 heterocycles. The number of thioether (sulfide) groups is 1. The highest BCUT2D eigenvalue weighted by molar-refractivity contribution is 7.99. The van der Waals surface area contributed by atoms with Crippen LogP contribution >= 0.6 is 23.1 Å². The highest BCUT2D eigenvalue weighted by Crippen LogP contribution is 2.21. The molecule has 0 saturated carbocycles. The third kappa shape index (κ3) is 3.77. The van der Waals surface area contributed by atoms with Crippen LogP contribution in [-0.2, 0) is 11.8 Å². The van der Waals surface area contributed by atoms with Crippen molar-refractivity contribution < 1.29 is 4.79 Å². The van der Waals surface area contributed by atoms with Crippen LogP contribution in [0.5, 0.6) is 0 Å². The number of nitrogens with zero attached hydrogens (tertiary/aromatic N) is 2. The molecular formula is C18H19N3O2S2. The number of fused-ring (bicyclic) bond motifs is 1. The smallest absolute Gasteiger partial charge is 0.271 e. The van der Waals surface area contributed by atoms with Crippen LogP contribution in [0.3, 0.4) is 0 Å². The normalized spacial score (nSPS) is 12.3. The van der Waals surface area contributed by atoms with Gasteiger partial charge in [-0.25, -0.2) is 4.98 Å². The molecule has 3 rings (SSSR count). The van der Waals surface area contributed by atoms with Gasteiger partial charge in [0.1, 0.15) is 4.70 Å². The maximum Gasteiger partial charge on any atom is 0.271 e. The number of benzene rings is 1. The lowest BCUT2D eigenvalue weighted by molar-refractivity contribution is -0.119. The molecule has 0 aliphatic heterocycles. The minimum absolute atomic E-state index is 0.0644. The van der Waals surface area contributed by atoms with E-state index in [1.54, 1.807) is 7.05 Å². The van der Waals surface area contributed by atoms with Crippen molar-refractivity contribution in [2.24, 2.45) is 7.05 Å². The number of hydrogen-bond donors (Lipinski definition) is 1. The maximum absolute atomic E-state index is 12.3. The fourth-order valence-corrected chi connectivity index (χ4v) is 4.25. The van der Waals surface area contributed by atoms with Crippen molar-refractivity contribution in [3.8, 4) is 0 Å². The van der Waals surface area contributed by atoms with Gasteiger partial charge in [-0.1, -0.05) is 36.0 Å². The summed E-state index contributed by atoms with van der Waals surface area (Å²) in [6.07, 6.45) is 0. The van der Waals surface area contributed by atoms with E-state index in [0.29, 0.717) is 15.4 Å². The van der Waals surface area contributed by atoms with Crippen molar-refractivity contribution in [3.63, 3.8) is 0 Å². The summed E-state index contributed by atoms with van der Waals surface area (Å²) in [7, 11) is 1.69. The molecule has 25 heavy (non-hydrogen) atoms. The monoisotopic (exact) mass is 373 g/mol. The summed E-state index contributed by atoms with van der Waals surface area (Å²) in [5.41, 5.74) is 2.86. The second kappa shape index (κ2) is 7.41. The Bertz CT molecular complexity index is 978. The molecule has 2 aromatic heterocycles. The van der Waals surface area contributed by atoms with Gasteiger partial charge in [0.15, 0.2) is 5.16 Å². The Morgan fingerprint density at radius 2 is 2.12 bits per heavy atom. The minimum atomic E-state index is -0.0829. The standard InChI is InChI=1S/C18H19N3O2S2/c1-11-6-4-5-7-13(11)12(2)19-15(22)10-25-18-20-14-8-9-24-16(14)17(23)21(18)3/h4-9,12H,10H2,1-3H3,(H,19,22). The number of aryl methyl sites for hydroxylation is 1. The summed E-state index contributed by atoms with van der Waals surface area (Å²) in [4.78, 5) is 29.0. The number of carbonyl (C=O) groups is 1. The molecule has 1 unspecified atom stereocenters. The van der Waals surface area contributed by atoms with Gasteiger partial charge in [0.2, 0.25) is 5.91 Å². The molecule has 130 valence electrons. The average molecular weight is 374 g/mol. The second-order valence-electron chi connectivity index (χ2n) is 5.83. The molecule has 1 atom stereocenters. The zero-order valence-corrected chi connectivity index (χ0v) is 15.9. The van der Waals surface area contributed by atoms with Crippen LogP contribution in [0.25, 0.3) is 10.2 Å². The Hall–Kier alpha value is -2.12. The predicted octanol–water partition coefficient (Wildman–Crippen LogP) is 3.27. The molecule has 3 aromatic rings. The lowest BCUT2D eigenvalue weighted by Gasteiger charge is -2.16. The molecule has 0 aliphatic rings. The zero-order chi connectivity index (χ0) is 18.0. The number of rotatable bonds is 5. The van der Waals surface area contributed by atoms with Crippen molar-refractivity contribution >= 4 is 39.2 Å². The van der Waals surface area contributed by atoms with E-state index in [1.165, 1.54) is 27.7 Å². The summed E-state index contributed by atoms with van der Waals surface area (Å²) < 4.78 is 2.14. The summed E-state index contributed by atoms with van der Waals surface area (Å²) in [6.45, 7) is 4.00. The number of aromatic nitrogens is 2. The molecule has 1 amide bonds. The minimum Gasteiger partial charge on any atom is -0.349 e. The molecule has 0 saturated heterocycles. The summed E-state index contributed by atoms with van der Waals surface area (Å²) in [5.74, 6) is 0.131. The lowest BCUT2D eigenvalue weighted by Crippen LogP contribution is -2.29. The van der Waals surface area contributed by atoms with Gasteiger partial charge in [0.05, 0.1) is 17.3 Å². The fraction of sp³-hybridized carbons (Fsp3) is 0.278. The maximum atomic E-state index is 12.3. The highest BCUT2D eigenvalue weighted by Gasteiger charge is 2.14. The third-order valence-corrected chi connectivity index (χ3v) is 5.93. The van der Waals surface area contributed by atoms with Gasteiger partial charge in [-0.05, 0) is 36.4 Å². The first-order valence-corrected chi connectivity index (χ1v) is 9.76. The molecule has 0 aliphatic carbocycles. The van der Waals surface area contributed by atoms with E-state index in [2.05, 4.69) is 10.3 Å². The average Bonchev–Trinajstić information content (AvgIpc) is 3.05. The topological polar surface area (TPSA) is 64.0 Å².